The Balaban J connectivity index is 1.62. The molecule has 1 saturated heterocycles. The molecule has 34 heavy (non-hydrogen) atoms. The number of carbonyl (C=O) groups is 2. The van der Waals surface area contributed by atoms with E-state index in [-0.39, 0.29) is 16.9 Å². The predicted octanol–water partition coefficient (Wildman–Crippen LogP) is 2.37. The lowest BCUT2D eigenvalue weighted by Gasteiger charge is -2.21. The Kier molecular flexibility index (Phi) is 6.51. The highest BCUT2D eigenvalue weighted by Gasteiger charge is 2.51. The number of hydrogen-bond donors (Lipinski definition) is 1. The van der Waals surface area contributed by atoms with Crippen molar-refractivity contribution in [3.8, 4) is 0 Å². The number of esters is 2. The number of nitrogens with zero attached hydrogens (tertiary/aromatic N) is 1. The average molecular weight is 466 g/mol. The van der Waals surface area contributed by atoms with Gasteiger partial charge in [-0.15, -0.1) is 0 Å². The largest absolute Gasteiger partial charge is 0.452 e. The number of aromatic nitrogens is 2. The quantitative estimate of drug-likeness (QED) is 0.438. The number of H-pyrrole nitrogens is 1. The maximum atomic E-state index is 15.5. The molecule has 4 atom stereocenters. The predicted molar refractivity (Wildman–Crippen MR) is 117 cm³/mol. The Labute approximate surface area is 192 Å². The molecule has 9 nitrogen and oxygen atoms in total. The average Bonchev–Trinajstić information content (AvgIpc) is 3.16. The van der Waals surface area contributed by atoms with Crippen LogP contribution >= 0.6 is 0 Å². The molecule has 1 aromatic heterocycles. The standard InChI is InChI=1S/C24H19FN2O7/c1-14(32-22(29)15-8-4-2-5-9-15)19-20(34-23(30)16-10-6-3-7-11-16)18(25)21(33-19)27-13-12-17(28)26-24(27)31/h2-13,18-21H,1H2,(H,26,28,31)/t18-,19-,20-,21-/m0/s1. The highest BCUT2D eigenvalue weighted by atomic mass is 19.1. The van der Waals surface area contributed by atoms with E-state index in [4.69, 9.17) is 14.2 Å². The van der Waals surface area contributed by atoms with Gasteiger partial charge < -0.3 is 14.2 Å². The first-order valence-corrected chi connectivity index (χ1v) is 10.2. The number of carbonyl (C=O) groups excluding carboxylic acids is 2. The fraction of sp³-hybridized carbons (Fsp3) is 0.167. The number of aromatic amines is 1. The van der Waals surface area contributed by atoms with Gasteiger partial charge in [-0.3, -0.25) is 14.3 Å². The molecule has 0 bridgehead atoms. The van der Waals surface area contributed by atoms with E-state index in [1.54, 1.807) is 36.4 Å². The van der Waals surface area contributed by atoms with E-state index >= 15 is 4.39 Å². The normalized spacial score (nSPS) is 21.6. The zero-order chi connectivity index (χ0) is 24.2. The monoisotopic (exact) mass is 466 g/mol. The topological polar surface area (TPSA) is 117 Å². The minimum absolute atomic E-state index is 0.157. The van der Waals surface area contributed by atoms with E-state index in [9.17, 15) is 19.2 Å². The maximum Gasteiger partial charge on any atom is 0.343 e. The number of rotatable bonds is 6. The molecule has 3 aromatic rings. The smallest absolute Gasteiger partial charge is 0.343 e. The zero-order valence-corrected chi connectivity index (χ0v) is 17.6. The van der Waals surface area contributed by atoms with Crippen molar-refractivity contribution in [1.82, 2.24) is 9.55 Å². The van der Waals surface area contributed by atoms with Crippen LogP contribution in [-0.2, 0) is 14.2 Å². The summed E-state index contributed by atoms with van der Waals surface area (Å²) < 4.78 is 32.6. The van der Waals surface area contributed by atoms with Crippen LogP contribution in [-0.4, -0.2) is 39.9 Å². The van der Waals surface area contributed by atoms with Crippen molar-refractivity contribution in [3.05, 3.63) is 117 Å². The Morgan fingerprint density at radius 3 is 2.12 bits per heavy atom. The lowest BCUT2D eigenvalue weighted by atomic mass is 10.1. The molecule has 0 unspecified atom stereocenters. The summed E-state index contributed by atoms with van der Waals surface area (Å²) in [4.78, 5) is 50.7. The van der Waals surface area contributed by atoms with Crippen LogP contribution in [0.4, 0.5) is 4.39 Å². The molecule has 4 rings (SSSR count). The lowest BCUT2D eigenvalue weighted by molar-refractivity contribution is -0.0342. The number of nitrogens with one attached hydrogen (secondary N) is 1. The van der Waals surface area contributed by atoms with Gasteiger partial charge in [0, 0.05) is 12.3 Å². The number of halogens is 1. The van der Waals surface area contributed by atoms with Gasteiger partial charge in [-0.25, -0.2) is 18.8 Å². The van der Waals surface area contributed by atoms with Crippen LogP contribution in [0.15, 0.2) is 94.9 Å². The number of hydrogen-bond acceptors (Lipinski definition) is 7. The maximum absolute atomic E-state index is 15.5. The molecule has 0 spiro atoms. The van der Waals surface area contributed by atoms with Crippen molar-refractivity contribution in [2.24, 2.45) is 0 Å². The molecular weight excluding hydrogens is 447 g/mol. The van der Waals surface area contributed by atoms with E-state index in [2.05, 4.69) is 6.58 Å². The van der Waals surface area contributed by atoms with Gasteiger partial charge in [0.2, 0.25) is 0 Å². The summed E-state index contributed by atoms with van der Waals surface area (Å²) in [6, 6.07) is 16.9. The van der Waals surface area contributed by atoms with Gasteiger partial charge in [0.15, 0.2) is 24.6 Å². The lowest BCUT2D eigenvalue weighted by Crippen LogP contribution is -2.37. The second-order valence-electron chi connectivity index (χ2n) is 7.37. The molecule has 0 aliphatic carbocycles. The number of benzene rings is 2. The van der Waals surface area contributed by atoms with Gasteiger partial charge in [0.1, 0.15) is 5.76 Å². The second kappa shape index (κ2) is 9.67. The van der Waals surface area contributed by atoms with Crippen LogP contribution in [0.5, 0.6) is 0 Å². The molecule has 174 valence electrons. The molecule has 1 N–H and O–H groups in total. The van der Waals surface area contributed by atoms with Crippen LogP contribution in [0.1, 0.15) is 26.9 Å². The van der Waals surface area contributed by atoms with Crippen LogP contribution in [0, 0.1) is 0 Å². The van der Waals surface area contributed by atoms with Gasteiger partial charge in [-0.2, -0.15) is 0 Å². The van der Waals surface area contributed by atoms with Crippen LogP contribution in [0.2, 0.25) is 0 Å². The van der Waals surface area contributed by atoms with E-state index in [1.807, 2.05) is 4.98 Å². The summed E-state index contributed by atoms with van der Waals surface area (Å²) in [7, 11) is 0. The Bertz CT molecular complexity index is 1320. The Hall–Kier alpha value is -4.31. The zero-order valence-electron chi connectivity index (χ0n) is 17.6. The second-order valence-corrected chi connectivity index (χ2v) is 7.37. The number of alkyl halides is 1. The Morgan fingerprint density at radius 2 is 1.53 bits per heavy atom. The first kappa shape index (κ1) is 22.9. The van der Waals surface area contributed by atoms with Crippen molar-refractivity contribution in [2.45, 2.75) is 24.6 Å². The fourth-order valence-electron chi connectivity index (χ4n) is 3.44. The van der Waals surface area contributed by atoms with Crippen molar-refractivity contribution in [3.63, 3.8) is 0 Å². The van der Waals surface area contributed by atoms with Crippen molar-refractivity contribution < 1.29 is 28.2 Å². The molecule has 1 fully saturated rings. The first-order valence-electron chi connectivity index (χ1n) is 10.2. The van der Waals surface area contributed by atoms with Crippen LogP contribution in [0.25, 0.3) is 0 Å². The molecule has 1 aliphatic heterocycles. The SMILES string of the molecule is C=C(OC(=O)c1ccccc1)[C@@H]1O[C@H](n2ccc(=O)[nH]c2=O)[C@@H](F)[C@@H]1OC(=O)c1ccccc1. The summed E-state index contributed by atoms with van der Waals surface area (Å²) in [6.07, 6.45) is -5.63. The highest BCUT2D eigenvalue weighted by molar-refractivity contribution is 5.90. The van der Waals surface area contributed by atoms with Crippen molar-refractivity contribution in [1.29, 1.82) is 0 Å². The molecule has 10 heteroatoms. The van der Waals surface area contributed by atoms with Gasteiger partial charge in [0.05, 0.1) is 11.1 Å². The third-order valence-electron chi connectivity index (χ3n) is 5.10. The van der Waals surface area contributed by atoms with Crippen molar-refractivity contribution in [2.75, 3.05) is 0 Å². The fourth-order valence-corrected chi connectivity index (χ4v) is 3.44. The van der Waals surface area contributed by atoms with E-state index < -0.39 is 47.8 Å². The molecule has 2 aromatic carbocycles. The van der Waals surface area contributed by atoms with Crippen LogP contribution in [0.3, 0.4) is 0 Å². The Morgan fingerprint density at radius 1 is 0.941 bits per heavy atom. The van der Waals surface area contributed by atoms with Gasteiger partial charge >= 0.3 is 17.6 Å². The van der Waals surface area contributed by atoms with Gasteiger partial charge in [-0.05, 0) is 24.3 Å². The summed E-state index contributed by atoms with van der Waals surface area (Å²) >= 11 is 0. The summed E-state index contributed by atoms with van der Waals surface area (Å²) in [5.41, 5.74) is -1.24. The van der Waals surface area contributed by atoms with Gasteiger partial charge in [-0.1, -0.05) is 43.0 Å². The molecular formula is C24H19FN2O7. The third kappa shape index (κ3) is 4.71. The van der Waals surface area contributed by atoms with E-state index in [0.29, 0.717) is 0 Å². The van der Waals surface area contributed by atoms with Crippen LogP contribution < -0.4 is 11.2 Å². The molecule has 0 saturated carbocycles. The van der Waals surface area contributed by atoms with Gasteiger partial charge in [0.25, 0.3) is 5.56 Å². The van der Waals surface area contributed by atoms with E-state index in [0.717, 1.165) is 16.8 Å². The minimum Gasteiger partial charge on any atom is -0.452 e. The van der Waals surface area contributed by atoms with E-state index in [1.165, 1.54) is 24.3 Å². The first-order chi connectivity index (χ1) is 16.3. The van der Waals surface area contributed by atoms with Crippen molar-refractivity contribution >= 4 is 11.9 Å². The summed E-state index contributed by atoms with van der Waals surface area (Å²) in [5.74, 6) is -1.94. The molecule has 2 heterocycles. The summed E-state index contributed by atoms with van der Waals surface area (Å²) in [5, 5.41) is 0. The molecule has 0 amide bonds. The minimum atomic E-state index is -2.06. The number of ether oxygens (including phenoxy) is 3. The molecule has 1 aliphatic rings. The summed E-state index contributed by atoms with van der Waals surface area (Å²) in [6.45, 7) is 3.66. The highest BCUT2D eigenvalue weighted by Crippen LogP contribution is 2.36. The molecule has 0 radical (unpaired) electrons. The third-order valence-corrected chi connectivity index (χ3v) is 5.10.